The second kappa shape index (κ2) is 26.6. The smallest absolute Gasteiger partial charge is 0.164 e. The fraction of sp³-hybridized carbons (Fsp3) is 0. The van der Waals surface area contributed by atoms with Crippen LogP contribution in [0.1, 0.15) is 0 Å². The summed E-state index contributed by atoms with van der Waals surface area (Å²) >= 11 is 0. The van der Waals surface area contributed by atoms with Crippen LogP contribution < -0.4 is 0 Å². The summed E-state index contributed by atoms with van der Waals surface area (Å²) in [4.78, 5) is 30.0. The normalized spacial score (nSPS) is 12.0. The number of fused-ring (bicyclic) bond motifs is 12. The second-order valence-corrected chi connectivity index (χ2v) is 31.2. The van der Waals surface area contributed by atoms with Crippen LogP contribution in [0, 0.1) is 0 Å². The summed E-state index contributed by atoms with van der Waals surface area (Å²) in [7, 11) is 0. The van der Waals surface area contributed by atoms with Gasteiger partial charge in [-0.1, -0.05) is 279 Å². The van der Waals surface area contributed by atoms with E-state index >= 15 is 0 Å². The molecule has 2 aliphatic carbocycles. The van der Waals surface area contributed by atoms with E-state index in [1.54, 1.807) is 0 Å². The lowest BCUT2D eigenvalue weighted by molar-refractivity contribution is 1.07. The van der Waals surface area contributed by atoms with Gasteiger partial charge in [-0.25, -0.2) is 29.9 Å². The second-order valence-electron chi connectivity index (χ2n) is 31.2. The van der Waals surface area contributed by atoms with Crippen LogP contribution in [0.5, 0.6) is 0 Å². The van der Waals surface area contributed by atoms with E-state index in [4.69, 9.17) is 29.9 Å². The highest BCUT2D eigenvalue weighted by Crippen LogP contribution is 2.55. The molecule has 2 aliphatic rings. The lowest BCUT2D eigenvalue weighted by atomic mass is 9.91. The molecule has 0 aliphatic heterocycles. The van der Waals surface area contributed by atoms with Gasteiger partial charge >= 0.3 is 0 Å². The Labute approximate surface area is 688 Å². The largest absolute Gasteiger partial charge is 0.309 e. The third kappa shape index (κ3) is 10.3. The van der Waals surface area contributed by atoms with Crippen LogP contribution in [0.15, 0.2) is 400 Å². The molecule has 0 N–H and O–H groups in total. The molecule has 0 radical (unpaired) electrons. The minimum atomic E-state index is 0.631. The summed E-state index contributed by atoms with van der Waals surface area (Å²) in [5.74, 6) is 3.86. The highest BCUT2D eigenvalue weighted by Gasteiger charge is 2.31. The van der Waals surface area contributed by atoms with E-state index in [0.717, 1.165) is 67.2 Å². The van der Waals surface area contributed by atoms with Gasteiger partial charge < -0.3 is 18.3 Å². The molecule has 120 heavy (non-hydrogen) atoms. The lowest BCUT2D eigenvalue weighted by Gasteiger charge is -2.15. The average Bonchev–Trinajstić information content (AvgIpc) is 1.54. The fourth-order valence-corrected chi connectivity index (χ4v) is 19.4. The Morgan fingerprint density at radius 1 is 0.142 bits per heavy atom. The zero-order valence-electron chi connectivity index (χ0n) is 64.6. The van der Waals surface area contributed by atoms with Crippen molar-refractivity contribution < 1.29 is 0 Å². The van der Waals surface area contributed by atoms with Crippen molar-refractivity contribution in [2.45, 2.75) is 0 Å². The number of rotatable bonds is 10. The maximum absolute atomic E-state index is 5.08. The molecule has 18 aromatic carbocycles. The van der Waals surface area contributed by atoms with E-state index in [-0.39, 0.29) is 0 Å². The van der Waals surface area contributed by atoms with Crippen molar-refractivity contribution in [3.63, 3.8) is 0 Å². The minimum Gasteiger partial charge on any atom is -0.309 e. The van der Waals surface area contributed by atoms with Crippen LogP contribution in [-0.4, -0.2) is 48.2 Å². The third-order valence-corrected chi connectivity index (χ3v) is 24.6. The summed E-state index contributed by atoms with van der Waals surface area (Å²) in [6.45, 7) is 0. The van der Waals surface area contributed by atoms with Crippen LogP contribution >= 0.6 is 0 Å². The van der Waals surface area contributed by atoms with Crippen molar-refractivity contribution in [3.05, 3.63) is 400 Å². The SMILES string of the molecule is c1ccc(-c2nc(-c3ccccc3)nc(-c3ccc(-n4c5cccc6c5c5c7c(cccc7ccc54)-c4cc5c7ccccc7n(-c7ccccc7)c5cc4-6)cc3)n2)cc1.c1ccc(-c2nc(-c3ccccc3)nc(-c3cccc(-n4c5cccc6c5c5c7c(cccc7ccc54)-c4cc5c7ccccc7n(-c7ccccc7)c5cc4-6)c3)n2)cc1. The molecule has 10 heteroatoms. The Bertz CT molecular complexity index is 8250. The molecule has 26 rings (SSSR count). The van der Waals surface area contributed by atoms with Crippen molar-refractivity contribution in [3.8, 4) is 136 Å². The number of benzene rings is 18. The van der Waals surface area contributed by atoms with Gasteiger partial charge in [-0.05, 0) is 187 Å². The predicted octanol–water partition coefficient (Wildman–Crippen LogP) is 27.7. The van der Waals surface area contributed by atoms with Crippen molar-refractivity contribution in [1.82, 2.24) is 48.2 Å². The molecule has 0 saturated carbocycles. The van der Waals surface area contributed by atoms with Gasteiger partial charge in [0.25, 0.3) is 0 Å². The van der Waals surface area contributed by atoms with Gasteiger partial charge in [0.2, 0.25) is 0 Å². The molecule has 24 aromatic rings. The fourth-order valence-electron chi connectivity index (χ4n) is 19.4. The first-order chi connectivity index (χ1) is 59.5. The van der Waals surface area contributed by atoms with Crippen molar-refractivity contribution in [1.29, 1.82) is 0 Å². The van der Waals surface area contributed by atoms with Crippen LogP contribution in [0.4, 0.5) is 0 Å². The molecule has 0 amide bonds. The first-order valence-electron chi connectivity index (χ1n) is 40.7. The number of aromatic nitrogens is 10. The first-order valence-corrected chi connectivity index (χ1v) is 40.7. The maximum Gasteiger partial charge on any atom is 0.164 e. The highest BCUT2D eigenvalue weighted by molar-refractivity contribution is 6.33. The van der Waals surface area contributed by atoms with E-state index < -0.39 is 0 Å². The molecule has 6 heterocycles. The van der Waals surface area contributed by atoms with Crippen LogP contribution in [0.2, 0.25) is 0 Å². The summed E-state index contributed by atoms with van der Waals surface area (Å²) in [5, 5.41) is 15.1. The molecule has 0 spiro atoms. The number of nitrogens with zero attached hydrogens (tertiary/aromatic N) is 10. The Morgan fingerprint density at radius 3 is 0.842 bits per heavy atom. The number of para-hydroxylation sites is 4. The van der Waals surface area contributed by atoms with E-state index in [1.807, 2.05) is 121 Å². The lowest BCUT2D eigenvalue weighted by Crippen LogP contribution is -2.01. The molecular formula is C110H66N10. The van der Waals surface area contributed by atoms with Crippen LogP contribution in [-0.2, 0) is 0 Å². The molecule has 6 aromatic heterocycles. The van der Waals surface area contributed by atoms with Crippen LogP contribution in [0.3, 0.4) is 0 Å². The monoisotopic (exact) mass is 1530 g/mol. The van der Waals surface area contributed by atoms with Crippen molar-refractivity contribution >= 4 is 109 Å². The Morgan fingerprint density at radius 2 is 0.425 bits per heavy atom. The Hall–Kier alpha value is -16.3. The van der Waals surface area contributed by atoms with Gasteiger partial charge in [0, 0.05) is 99.2 Å². The molecule has 556 valence electrons. The maximum atomic E-state index is 5.08. The quantitative estimate of drug-likeness (QED) is 0.135. The Balaban J connectivity index is 0.000000133. The number of hydrogen-bond acceptors (Lipinski definition) is 6. The van der Waals surface area contributed by atoms with E-state index in [2.05, 4.69) is 297 Å². The summed E-state index contributed by atoms with van der Waals surface area (Å²) < 4.78 is 9.69. The molecule has 0 fully saturated rings. The minimum absolute atomic E-state index is 0.631. The topological polar surface area (TPSA) is 97.1 Å². The first kappa shape index (κ1) is 67.1. The highest BCUT2D eigenvalue weighted by atomic mass is 15.1. The number of hydrogen-bond donors (Lipinski definition) is 0. The van der Waals surface area contributed by atoms with Gasteiger partial charge in [-0.15, -0.1) is 0 Å². The van der Waals surface area contributed by atoms with E-state index in [1.165, 1.54) is 142 Å². The molecule has 0 atom stereocenters. The summed E-state index contributed by atoms with van der Waals surface area (Å²) in [5.41, 5.74) is 29.5. The molecule has 10 nitrogen and oxygen atoms in total. The van der Waals surface area contributed by atoms with Gasteiger partial charge in [0.05, 0.1) is 44.1 Å². The van der Waals surface area contributed by atoms with Crippen molar-refractivity contribution in [2.75, 3.05) is 0 Å². The summed E-state index contributed by atoms with van der Waals surface area (Å²) in [6.07, 6.45) is 0. The molecule has 0 bridgehead atoms. The van der Waals surface area contributed by atoms with Gasteiger partial charge in [0.15, 0.2) is 34.9 Å². The van der Waals surface area contributed by atoms with Crippen LogP contribution in [0.25, 0.3) is 244 Å². The predicted molar refractivity (Wildman–Crippen MR) is 493 cm³/mol. The molecule has 0 saturated heterocycles. The third-order valence-electron chi connectivity index (χ3n) is 24.6. The van der Waals surface area contributed by atoms with Gasteiger partial charge in [-0.2, -0.15) is 0 Å². The van der Waals surface area contributed by atoms with Gasteiger partial charge in [0.1, 0.15) is 0 Å². The molecular weight excluding hydrogens is 1460 g/mol. The average molecular weight is 1530 g/mol. The Kier molecular flexibility index (Phi) is 14.9. The van der Waals surface area contributed by atoms with Gasteiger partial charge in [-0.3, -0.25) is 0 Å². The van der Waals surface area contributed by atoms with Crippen molar-refractivity contribution in [2.24, 2.45) is 0 Å². The van der Waals surface area contributed by atoms with E-state index in [0.29, 0.717) is 34.9 Å². The standard InChI is InChI=1S/2C55H33N5/c1-4-15-35(16-5-1)53-56-54(36-17-6-2-7-18-36)58-55(57-53)37-20-12-23-39(31-37)60-47-28-14-26-42-44-33-49-45(40-24-10-11-27-46(40)59(49)38-21-8-3-9-22-38)32-43(44)41-25-13-19-34-29-30-48(60)52(50(34)41)51(42)47;1-4-14-35(15-5-1)53-56-54(36-16-6-2-7-17-36)58-55(57-53)37-26-29-39(30-27-37)60-47-25-13-23-42-44-33-49-45(40-21-10-11-24-46(40)59(49)38-19-8-3-9-20-38)32-43(44)41-22-12-18-34-28-31-48(60)52(50(34)41)51(42)47/h2*1-33H. The summed E-state index contributed by atoms with van der Waals surface area (Å²) in [6, 6.07) is 143. The zero-order valence-corrected chi connectivity index (χ0v) is 64.6. The zero-order chi connectivity index (χ0) is 78.6. The van der Waals surface area contributed by atoms with E-state index in [9.17, 15) is 0 Å². The molecule has 0 unspecified atom stereocenters.